The summed E-state index contributed by atoms with van der Waals surface area (Å²) in [6.07, 6.45) is 0. The fourth-order valence-electron chi connectivity index (χ4n) is 2.89. The maximum absolute atomic E-state index is 12.3. The number of thioether (sulfide) groups is 1. The number of rotatable bonds is 4. The van der Waals surface area contributed by atoms with Crippen molar-refractivity contribution in [2.75, 3.05) is 0 Å². The fourth-order valence-corrected chi connectivity index (χ4v) is 4.07. The van der Waals surface area contributed by atoms with Crippen molar-refractivity contribution in [3.8, 4) is 5.75 Å². The Hall–Kier alpha value is -2.52. The van der Waals surface area contributed by atoms with Gasteiger partial charge in [0.05, 0.1) is 0 Å². The van der Waals surface area contributed by atoms with E-state index in [0.29, 0.717) is 11.1 Å². The van der Waals surface area contributed by atoms with Gasteiger partial charge in [-0.1, -0.05) is 12.1 Å². The Morgan fingerprint density at radius 3 is 2.56 bits per heavy atom. The Bertz CT molecular complexity index is 764. The van der Waals surface area contributed by atoms with Gasteiger partial charge in [-0.2, -0.15) is 0 Å². The molecule has 25 heavy (non-hydrogen) atoms. The number of amides is 2. The average Bonchev–Trinajstić information content (AvgIpc) is 2.58. The maximum atomic E-state index is 12.3. The zero-order valence-electron chi connectivity index (χ0n) is 13.2. The molecular formula is C16H17N3O5S. The van der Waals surface area contributed by atoms with E-state index in [4.69, 9.17) is 5.73 Å². The third kappa shape index (κ3) is 2.96. The molecule has 0 saturated carbocycles. The molecule has 0 aliphatic carbocycles. The number of benzene rings is 1. The Balaban J connectivity index is 1.70. The predicted octanol–water partition coefficient (Wildman–Crippen LogP) is 0.149. The molecule has 5 N–H and O–H groups in total. The van der Waals surface area contributed by atoms with Crippen LogP contribution in [0.1, 0.15) is 18.5 Å². The van der Waals surface area contributed by atoms with E-state index in [-0.39, 0.29) is 5.75 Å². The first-order valence-electron chi connectivity index (χ1n) is 7.53. The van der Waals surface area contributed by atoms with Gasteiger partial charge in [-0.25, -0.2) is 4.79 Å². The number of fused-ring (bicyclic) bond motifs is 1. The molecule has 2 amide bonds. The minimum Gasteiger partial charge on any atom is -0.508 e. The van der Waals surface area contributed by atoms with Crippen LogP contribution < -0.4 is 11.1 Å². The van der Waals surface area contributed by atoms with Crippen molar-refractivity contribution in [2.24, 2.45) is 5.73 Å². The van der Waals surface area contributed by atoms with Gasteiger partial charge in [0.15, 0.2) is 6.04 Å². The summed E-state index contributed by atoms with van der Waals surface area (Å²) in [7, 11) is 0. The van der Waals surface area contributed by atoms with Gasteiger partial charge in [0.25, 0.3) is 0 Å². The van der Waals surface area contributed by atoms with Crippen LogP contribution in [0.4, 0.5) is 0 Å². The topological polar surface area (TPSA) is 133 Å². The van der Waals surface area contributed by atoms with Crippen LogP contribution in [0.15, 0.2) is 35.2 Å². The smallest absolute Gasteiger partial charge is 0.330 e. The van der Waals surface area contributed by atoms with Crippen LogP contribution >= 0.6 is 11.8 Å². The number of hydrogen-bond acceptors (Lipinski definition) is 6. The molecule has 9 heteroatoms. The summed E-state index contributed by atoms with van der Waals surface area (Å²) in [5.41, 5.74) is 6.97. The Labute approximate surface area is 147 Å². The number of carboxylic acids is 1. The lowest BCUT2D eigenvalue weighted by atomic mass is 9.98. The summed E-state index contributed by atoms with van der Waals surface area (Å²) in [5, 5.41) is 22.4. The summed E-state index contributed by atoms with van der Waals surface area (Å²) >= 11 is 1.30. The van der Waals surface area contributed by atoms with Crippen LogP contribution in [0.25, 0.3) is 0 Å². The molecule has 0 bridgehead atoms. The van der Waals surface area contributed by atoms with Crippen LogP contribution in [0.3, 0.4) is 0 Å². The Morgan fingerprint density at radius 1 is 1.32 bits per heavy atom. The highest BCUT2D eigenvalue weighted by Gasteiger charge is 2.55. The summed E-state index contributed by atoms with van der Waals surface area (Å²) in [4.78, 5) is 37.3. The molecule has 4 atom stereocenters. The van der Waals surface area contributed by atoms with Crippen LogP contribution in [0.2, 0.25) is 0 Å². The molecule has 3 rings (SSSR count). The van der Waals surface area contributed by atoms with Gasteiger partial charge in [0.2, 0.25) is 11.8 Å². The van der Waals surface area contributed by atoms with Crippen LogP contribution in [-0.4, -0.2) is 50.4 Å². The average molecular weight is 363 g/mol. The first-order valence-corrected chi connectivity index (χ1v) is 8.47. The van der Waals surface area contributed by atoms with E-state index < -0.39 is 41.3 Å². The molecule has 2 aliphatic rings. The van der Waals surface area contributed by atoms with E-state index in [1.54, 1.807) is 12.3 Å². The molecule has 2 heterocycles. The molecule has 1 saturated heterocycles. The number of carbonyl (C=O) groups is 3. The lowest BCUT2D eigenvalue weighted by Crippen LogP contribution is -2.74. The number of phenols is 1. The highest BCUT2D eigenvalue weighted by Crippen LogP contribution is 2.39. The molecule has 8 nitrogen and oxygen atoms in total. The van der Waals surface area contributed by atoms with Crippen molar-refractivity contribution in [3.63, 3.8) is 0 Å². The molecule has 4 unspecified atom stereocenters. The van der Waals surface area contributed by atoms with E-state index in [9.17, 15) is 24.6 Å². The fraction of sp³-hybridized carbons (Fsp3) is 0.312. The van der Waals surface area contributed by atoms with E-state index in [1.807, 2.05) is 0 Å². The number of aliphatic carboxylic acids is 1. The lowest BCUT2D eigenvalue weighted by Gasteiger charge is -2.51. The van der Waals surface area contributed by atoms with Crippen LogP contribution in [0.5, 0.6) is 5.75 Å². The number of carboxylic acid groups (broad SMARTS) is 1. The number of nitrogens with two attached hydrogens (primary N) is 1. The number of nitrogens with one attached hydrogen (secondary N) is 1. The monoisotopic (exact) mass is 363 g/mol. The largest absolute Gasteiger partial charge is 0.508 e. The molecule has 0 radical (unpaired) electrons. The van der Waals surface area contributed by atoms with Gasteiger partial charge in [0, 0.05) is 0 Å². The maximum Gasteiger partial charge on any atom is 0.330 e. The van der Waals surface area contributed by atoms with Crippen molar-refractivity contribution in [1.82, 2.24) is 10.2 Å². The van der Waals surface area contributed by atoms with Crippen molar-refractivity contribution in [1.29, 1.82) is 0 Å². The standard InChI is InChI=1S/C16H17N3O5S/c1-7-6-25-15-11(14(22)19(15)12(7)16(23)24)18-13(21)10(17)8-2-4-9(20)5-3-8/h2-6,10-12,15,20H,17H2,1H3,(H,18,21)(H,23,24). The zero-order chi connectivity index (χ0) is 18.3. The van der Waals surface area contributed by atoms with Crippen LogP contribution in [-0.2, 0) is 14.4 Å². The van der Waals surface area contributed by atoms with Gasteiger partial charge in [-0.15, -0.1) is 11.8 Å². The predicted molar refractivity (Wildman–Crippen MR) is 90.4 cm³/mol. The Kier molecular flexibility index (Phi) is 4.44. The molecule has 1 aromatic rings. The van der Waals surface area contributed by atoms with Gasteiger partial charge in [0.1, 0.15) is 23.2 Å². The molecule has 0 spiro atoms. The highest BCUT2D eigenvalue weighted by atomic mass is 32.2. The van der Waals surface area contributed by atoms with Gasteiger partial charge < -0.3 is 26.2 Å². The van der Waals surface area contributed by atoms with Gasteiger partial charge >= 0.3 is 5.97 Å². The second kappa shape index (κ2) is 6.41. The van der Waals surface area contributed by atoms with E-state index in [1.165, 1.54) is 40.9 Å². The van der Waals surface area contributed by atoms with E-state index in [2.05, 4.69) is 5.32 Å². The molecular weight excluding hydrogens is 346 g/mol. The summed E-state index contributed by atoms with van der Waals surface area (Å²) in [6, 6.07) is 3.07. The first-order chi connectivity index (χ1) is 11.8. The third-order valence-electron chi connectivity index (χ3n) is 4.25. The van der Waals surface area contributed by atoms with Gasteiger partial charge in [-0.05, 0) is 35.6 Å². The van der Waals surface area contributed by atoms with Crippen molar-refractivity contribution in [3.05, 3.63) is 40.8 Å². The SMILES string of the molecule is CC1=CSC2C(NC(=O)C(N)c3ccc(O)cc3)C(=O)N2C1C(=O)O. The summed E-state index contributed by atoms with van der Waals surface area (Å²) in [5.74, 6) is -2.02. The minimum atomic E-state index is -1.10. The van der Waals surface area contributed by atoms with Crippen molar-refractivity contribution < 1.29 is 24.6 Å². The summed E-state index contributed by atoms with van der Waals surface area (Å²) in [6.45, 7) is 1.65. The third-order valence-corrected chi connectivity index (χ3v) is 5.54. The normalized spacial score (nSPS) is 26.2. The number of aromatic hydroxyl groups is 1. The Morgan fingerprint density at radius 2 is 1.96 bits per heavy atom. The molecule has 0 aromatic heterocycles. The number of carbonyl (C=O) groups excluding carboxylic acids is 2. The lowest BCUT2D eigenvalue weighted by molar-refractivity contribution is -0.160. The van der Waals surface area contributed by atoms with Crippen molar-refractivity contribution in [2.45, 2.75) is 30.4 Å². The van der Waals surface area contributed by atoms with E-state index in [0.717, 1.165) is 0 Å². The zero-order valence-corrected chi connectivity index (χ0v) is 14.1. The van der Waals surface area contributed by atoms with Gasteiger partial charge in [-0.3, -0.25) is 9.59 Å². The second-order valence-corrected chi connectivity index (χ2v) is 6.92. The number of phenolic OH excluding ortho intramolecular Hbond substituents is 1. The number of hydrogen-bond donors (Lipinski definition) is 4. The molecule has 2 aliphatic heterocycles. The molecule has 1 fully saturated rings. The summed E-state index contributed by atoms with van der Waals surface area (Å²) < 4.78 is 0. The number of β-lactam (4-membered cyclic amide) rings is 1. The van der Waals surface area contributed by atoms with Crippen molar-refractivity contribution >= 4 is 29.5 Å². The van der Waals surface area contributed by atoms with E-state index >= 15 is 0 Å². The van der Waals surface area contributed by atoms with Crippen LogP contribution in [0, 0.1) is 0 Å². The molecule has 132 valence electrons. The minimum absolute atomic E-state index is 0.0571. The first kappa shape index (κ1) is 17.3. The highest BCUT2D eigenvalue weighted by molar-refractivity contribution is 8.02. The second-order valence-electron chi connectivity index (χ2n) is 5.93. The molecule has 1 aromatic carbocycles. The quantitative estimate of drug-likeness (QED) is 0.560. The number of nitrogens with zero attached hydrogens (tertiary/aromatic N) is 1.